The molecule has 0 aromatic heterocycles. The van der Waals surface area contributed by atoms with E-state index in [0.29, 0.717) is 24.5 Å². The Labute approximate surface area is 96.3 Å². The fourth-order valence-corrected chi connectivity index (χ4v) is 2.06. The van der Waals surface area contributed by atoms with Gasteiger partial charge >= 0.3 is 0 Å². The first kappa shape index (κ1) is 12.8. The lowest BCUT2D eigenvalue weighted by molar-refractivity contribution is 0.319. The molecule has 0 aliphatic rings. The van der Waals surface area contributed by atoms with Crippen LogP contribution in [0.2, 0.25) is 0 Å². The minimum atomic E-state index is -2.90. The lowest BCUT2D eigenvalue weighted by atomic mass is 10.3. The Morgan fingerprint density at radius 1 is 1.31 bits per heavy atom. The number of rotatable bonds is 6. The second kappa shape index (κ2) is 5.75. The molecule has 16 heavy (non-hydrogen) atoms. The summed E-state index contributed by atoms with van der Waals surface area (Å²) in [5, 5.41) is 0. The van der Waals surface area contributed by atoms with Crippen LogP contribution in [0.15, 0.2) is 24.3 Å². The van der Waals surface area contributed by atoms with Gasteiger partial charge in [-0.1, -0.05) is 19.1 Å². The number of benzene rings is 1. The summed E-state index contributed by atoms with van der Waals surface area (Å²) in [7, 11) is -2.90. The van der Waals surface area contributed by atoms with E-state index in [1.165, 1.54) is 0 Å². The van der Waals surface area contributed by atoms with Gasteiger partial charge in [0.15, 0.2) is 0 Å². The third-order valence-electron chi connectivity index (χ3n) is 2.22. The molecule has 5 heteroatoms. The van der Waals surface area contributed by atoms with Crippen LogP contribution in [-0.2, 0) is 9.84 Å². The minimum absolute atomic E-state index is 0.163. The Hall–Kier alpha value is -1.23. The topological polar surface area (TPSA) is 69.4 Å². The smallest absolute Gasteiger partial charge is 0.150 e. The van der Waals surface area contributed by atoms with E-state index in [0.717, 1.165) is 0 Å². The maximum atomic E-state index is 11.2. The van der Waals surface area contributed by atoms with Crippen molar-refractivity contribution in [3.05, 3.63) is 24.3 Å². The third-order valence-corrected chi connectivity index (χ3v) is 4.01. The zero-order valence-corrected chi connectivity index (χ0v) is 10.2. The van der Waals surface area contributed by atoms with Gasteiger partial charge in [-0.25, -0.2) is 8.42 Å². The largest absolute Gasteiger partial charge is 0.491 e. The molecule has 0 amide bonds. The quantitative estimate of drug-likeness (QED) is 0.607. The van der Waals surface area contributed by atoms with Crippen LogP contribution in [-0.4, -0.2) is 26.5 Å². The summed E-state index contributed by atoms with van der Waals surface area (Å²) in [4.78, 5) is 0. The summed E-state index contributed by atoms with van der Waals surface area (Å²) in [6.45, 7) is 2.01. The zero-order valence-electron chi connectivity index (χ0n) is 9.35. The molecule has 1 aromatic rings. The Morgan fingerprint density at radius 3 is 2.62 bits per heavy atom. The van der Waals surface area contributed by atoms with Crippen LogP contribution in [0.5, 0.6) is 5.75 Å². The van der Waals surface area contributed by atoms with E-state index in [1.807, 2.05) is 12.1 Å². The molecular formula is C11H17NO3S. The van der Waals surface area contributed by atoms with Crippen molar-refractivity contribution < 1.29 is 13.2 Å². The summed E-state index contributed by atoms with van der Waals surface area (Å²) in [5.74, 6) is 0.952. The van der Waals surface area contributed by atoms with Gasteiger partial charge in [0.1, 0.15) is 15.6 Å². The van der Waals surface area contributed by atoms with Gasteiger partial charge in [-0.3, -0.25) is 0 Å². The van der Waals surface area contributed by atoms with Crippen molar-refractivity contribution in [1.82, 2.24) is 0 Å². The molecule has 0 atom stereocenters. The van der Waals surface area contributed by atoms with Crippen molar-refractivity contribution in [2.45, 2.75) is 13.3 Å². The van der Waals surface area contributed by atoms with Crippen molar-refractivity contribution >= 4 is 15.5 Å². The van der Waals surface area contributed by atoms with E-state index < -0.39 is 9.84 Å². The van der Waals surface area contributed by atoms with E-state index in [1.54, 1.807) is 19.1 Å². The van der Waals surface area contributed by atoms with Crippen LogP contribution in [0.4, 0.5) is 5.69 Å². The van der Waals surface area contributed by atoms with Gasteiger partial charge in [-0.15, -0.1) is 0 Å². The summed E-state index contributed by atoms with van der Waals surface area (Å²) >= 11 is 0. The summed E-state index contributed by atoms with van der Waals surface area (Å²) < 4.78 is 27.8. The molecule has 4 nitrogen and oxygen atoms in total. The van der Waals surface area contributed by atoms with E-state index >= 15 is 0 Å². The van der Waals surface area contributed by atoms with Gasteiger partial charge in [-0.2, -0.15) is 0 Å². The van der Waals surface area contributed by atoms with Gasteiger partial charge in [0.2, 0.25) is 0 Å². The Bertz CT molecular complexity index is 429. The number of anilines is 1. The van der Waals surface area contributed by atoms with Crippen LogP contribution in [0, 0.1) is 0 Å². The molecule has 0 spiro atoms. The number of hydrogen-bond acceptors (Lipinski definition) is 4. The maximum absolute atomic E-state index is 11.2. The average Bonchev–Trinajstić information content (AvgIpc) is 2.27. The third kappa shape index (κ3) is 4.10. The number of nitrogens with two attached hydrogens (primary N) is 1. The molecule has 1 rings (SSSR count). The lowest BCUT2D eigenvalue weighted by Gasteiger charge is -2.08. The molecule has 2 N–H and O–H groups in total. The van der Waals surface area contributed by atoms with Crippen molar-refractivity contribution in [3.8, 4) is 5.75 Å². The van der Waals surface area contributed by atoms with Crippen LogP contribution in [0.3, 0.4) is 0 Å². The monoisotopic (exact) mass is 243 g/mol. The van der Waals surface area contributed by atoms with Crippen molar-refractivity contribution in [2.24, 2.45) is 0 Å². The molecule has 0 saturated carbocycles. The fraction of sp³-hybridized carbons (Fsp3) is 0.455. The van der Waals surface area contributed by atoms with Gasteiger partial charge in [0, 0.05) is 5.75 Å². The van der Waals surface area contributed by atoms with Crippen LogP contribution >= 0.6 is 0 Å². The Morgan fingerprint density at radius 2 is 2.00 bits per heavy atom. The fourth-order valence-electron chi connectivity index (χ4n) is 1.22. The zero-order chi connectivity index (χ0) is 12.0. The van der Waals surface area contributed by atoms with Crippen LogP contribution < -0.4 is 10.5 Å². The minimum Gasteiger partial charge on any atom is -0.491 e. The van der Waals surface area contributed by atoms with Crippen molar-refractivity contribution in [1.29, 1.82) is 0 Å². The first-order chi connectivity index (χ1) is 7.55. The second-order valence-corrected chi connectivity index (χ2v) is 5.95. The molecule has 90 valence electrons. The molecule has 0 unspecified atom stereocenters. The Kier molecular flexibility index (Phi) is 4.61. The summed E-state index contributed by atoms with van der Waals surface area (Å²) in [5.41, 5.74) is 6.24. The highest BCUT2D eigenvalue weighted by molar-refractivity contribution is 7.91. The van der Waals surface area contributed by atoms with E-state index in [9.17, 15) is 8.42 Å². The van der Waals surface area contributed by atoms with E-state index in [4.69, 9.17) is 10.5 Å². The first-order valence-electron chi connectivity index (χ1n) is 5.23. The number of sulfone groups is 1. The highest BCUT2D eigenvalue weighted by atomic mass is 32.2. The SMILES string of the molecule is CCS(=O)(=O)CCCOc1ccccc1N. The molecule has 0 radical (unpaired) electrons. The number of para-hydroxylation sites is 2. The molecule has 0 aliphatic carbocycles. The van der Waals surface area contributed by atoms with E-state index in [-0.39, 0.29) is 11.5 Å². The van der Waals surface area contributed by atoms with Crippen molar-refractivity contribution in [2.75, 3.05) is 23.8 Å². The number of hydrogen-bond donors (Lipinski definition) is 1. The van der Waals surface area contributed by atoms with Gasteiger partial charge < -0.3 is 10.5 Å². The molecule has 0 saturated heterocycles. The number of ether oxygens (including phenoxy) is 1. The highest BCUT2D eigenvalue weighted by Gasteiger charge is 2.06. The standard InChI is InChI=1S/C11H17NO3S/c1-2-16(13,14)9-5-8-15-11-7-4-3-6-10(11)12/h3-4,6-7H,2,5,8-9,12H2,1H3. The predicted molar refractivity (Wildman–Crippen MR) is 65.3 cm³/mol. The van der Waals surface area contributed by atoms with Gasteiger partial charge in [0.25, 0.3) is 0 Å². The maximum Gasteiger partial charge on any atom is 0.150 e. The predicted octanol–water partition coefficient (Wildman–Crippen LogP) is 1.47. The molecule has 0 heterocycles. The Balaban J connectivity index is 2.35. The molecule has 0 aliphatic heterocycles. The van der Waals surface area contributed by atoms with Crippen LogP contribution in [0.1, 0.15) is 13.3 Å². The van der Waals surface area contributed by atoms with Crippen LogP contribution in [0.25, 0.3) is 0 Å². The van der Waals surface area contributed by atoms with E-state index in [2.05, 4.69) is 0 Å². The lowest BCUT2D eigenvalue weighted by Crippen LogP contribution is -2.12. The normalized spacial score (nSPS) is 11.3. The molecule has 1 aromatic carbocycles. The van der Waals surface area contributed by atoms with Crippen molar-refractivity contribution in [3.63, 3.8) is 0 Å². The first-order valence-corrected chi connectivity index (χ1v) is 7.05. The molecule has 0 fully saturated rings. The number of nitrogen functional groups attached to an aromatic ring is 1. The summed E-state index contributed by atoms with van der Waals surface area (Å²) in [6.07, 6.45) is 0.491. The molecule has 0 bridgehead atoms. The summed E-state index contributed by atoms with van der Waals surface area (Å²) in [6, 6.07) is 7.17. The van der Waals surface area contributed by atoms with Gasteiger partial charge in [0.05, 0.1) is 18.0 Å². The molecular weight excluding hydrogens is 226 g/mol. The van der Waals surface area contributed by atoms with Gasteiger partial charge in [-0.05, 0) is 18.6 Å². The highest BCUT2D eigenvalue weighted by Crippen LogP contribution is 2.19. The second-order valence-electron chi connectivity index (χ2n) is 3.48. The average molecular weight is 243 g/mol.